The molecule has 0 aliphatic carbocycles. The van der Waals surface area contributed by atoms with Gasteiger partial charge in [0.15, 0.2) is 0 Å². The number of furan rings is 1. The van der Waals surface area contributed by atoms with Crippen LogP contribution >= 0.6 is 0 Å². The Bertz CT molecular complexity index is 1270. The zero-order valence-corrected chi connectivity index (χ0v) is 21.8. The first kappa shape index (κ1) is 27.9. The average Bonchev–Trinajstić information content (AvgIpc) is 3.36. The van der Waals surface area contributed by atoms with Gasteiger partial charge in [0, 0.05) is 50.4 Å². The fourth-order valence-electron chi connectivity index (χ4n) is 4.31. The summed E-state index contributed by atoms with van der Waals surface area (Å²) < 4.78 is 24.6. The molecule has 0 radical (unpaired) electrons. The second-order valence-corrected chi connectivity index (χ2v) is 9.37. The van der Waals surface area contributed by atoms with E-state index in [1.54, 1.807) is 23.1 Å². The molecule has 0 atom stereocenters. The van der Waals surface area contributed by atoms with Gasteiger partial charge in [0.1, 0.15) is 23.9 Å². The summed E-state index contributed by atoms with van der Waals surface area (Å²) in [5, 5.41) is 11.0. The molecule has 0 bridgehead atoms. The molecule has 3 aromatic rings. The Hall–Kier alpha value is -4.09. The molecule has 1 aliphatic heterocycles. The van der Waals surface area contributed by atoms with Gasteiger partial charge in [-0.25, -0.2) is 4.39 Å². The number of hydrogen-bond acceptors (Lipinski definition) is 7. The van der Waals surface area contributed by atoms with E-state index in [2.05, 4.69) is 4.90 Å². The zero-order valence-electron chi connectivity index (χ0n) is 21.8. The lowest BCUT2D eigenvalue weighted by Gasteiger charge is -2.31. The monoisotopic (exact) mass is 538 g/mol. The standard InChI is InChI=1S/C28H31FN4O6/c1-21-2-11-26(39-21)19-32(18-22-3-7-24(29)8-4-22)27(34)20-31(13-12-30-14-16-38-17-15-30)28(35)23-5-9-25(10-6-23)33(36)37/h2-11H,12-20H2,1H3. The number of morpholine rings is 1. The summed E-state index contributed by atoms with van der Waals surface area (Å²) in [5.41, 5.74) is 0.860. The van der Waals surface area contributed by atoms with E-state index in [0.29, 0.717) is 31.3 Å². The number of nitro benzene ring substituents is 1. The van der Waals surface area contributed by atoms with E-state index >= 15 is 0 Å². The average molecular weight is 539 g/mol. The summed E-state index contributed by atoms with van der Waals surface area (Å²) in [6.45, 7) is 5.45. The predicted molar refractivity (Wildman–Crippen MR) is 140 cm³/mol. The molecule has 11 heteroatoms. The van der Waals surface area contributed by atoms with Crippen molar-refractivity contribution in [2.24, 2.45) is 0 Å². The molecule has 2 amide bonds. The van der Waals surface area contributed by atoms with Crippen molar-refractivity contribution in [1.82, 2.24) is 14.7 Å². The van der Waals surface area contributed by atoms with Crippen LogP contribution in [0.4, 0.5) is 10.1 Å². The second-order valence-electron chi connectivity index (χ2n) is 9.37. The molecule has 2 aromatic carbocycles. The van der Waals surface area contributed by atoms with Gasteiger partial charge in [-0.3, -0.25) is 24.6 Å². The van der Waals surface area contributed by atoms with E-state index in [4.69, 9.17) is 9.15 Å². The van der Waals surface area contributed by atoms with Crippen LogP contribution in [0.1, 0.15) is 27.4 Å². The van der Waals surface area contributed by atoms with Gasteiger partial charge in [-0.15, -0.1) is 0 Å². The smallest absolute Gasteiger partial charge is 0.269 e. The molecule has 2 heterocycles. The second kappa shape index (κ2) is 13.1. The summed E-state index contributed by atoms with van der Waals surface area (Å²) in [6.07, 6.45) is 0. The van der Waals surface area contributed by atoms with Gasteiger partial charge in [-0.2, -0.15) is 0 Å². The Morgan fingerprint density at radius 2 is 1.67 bits per heavy atom. The fraction of sp³-hybridized carbons (Fsp3) is 0.357. The molecule has 206 valence electrons. The molecule has 1 fully saturated rings. The van der Waals surface area contributed by atoms with Gasteiger partial charge in [0.25, 0.3) is 11.6 Å². The number of nitro groups is 1. The normalized spacial score (nSPS) is 13.7. The molecule has 1 aromatic heterocycles. The van der Waals surface area contributed by atoms with Crippen molar-refractivity contribution in [3.05, 3.63) is 99.2 Å². The summed E-state index contributed by atoms with van der Waals surface area (Å²) >= 11 is 0. The van der Waals surface area contributed by atoms with Crippen LogP contribution in [0.2, 0.25) is 0 Å². The first-order chi connectivity index (χ1) is 18.8. The molecule has 10 nitrogen and oxygen atoms in total. The van der Waals surface area contributed by atoms with Crippen molar-refractivity contribution < 1.29 is 28.1 Å². The van der Waals surface area contributed by atoms with E-state index in [0.717, 1.165) is 18.7 Å². The molecule has 0 N–H and O–H groups in total. The molecule has 1 aliphatic rings. The van der Waals surface area contributed by atoms with E-state index in [-0.39, 0.29) is 49.2 Å². The third kappa shape index (κ3) is 7.95. The highest BCUT2D eigenvalue weighted by atomic mass is 19.1. The van der Waals surface area contributed by atoms with Crippen molar-refractivity contribution >= 4 is 17.5 Å². The summed E-state index contributed by atoms with van der Waals surface area (Å²) in [5.74, 6) is 0.207. The molecule has 39 heavy (non-hydrogen) atoms. The van der Waals surface area contributed by atoms with Crippen molar-refractivity contribution in [2.45, 2.75) is 20.0 Å². The first-order valence-electron chi connectivity index (χ1n) is 12.7. The summed E-state index contributed by atoms with van der Waals surface area (Å²) in [6, 6.07) is 14.8. The maximum absolute atomic E-state index is 13.7. The third-order valence-electron chi connectivity index (χ3n) is 6.51. The first-order valence-corrected chi connectivity index (χ1v) is 12.7. The third-order valence-corrected chi connectivity index (χ3v) is 6.51. The highest BCUT2D eigenvalue weighted by molar-refractivity contribution is 5.96. The lowest BCUT2D eigenvalue weighted by atomic mass is 10.1. The minimum Gasteiger partial charge on any atom is -0.464 e. The van der Waals surface area contributed by atoms with Gasteiger partial charge in [-0.1, -0.05) is 12.1 Å². The van der Waals surface area contributed by atoms with Crippen molar-refractivity contribution in [1.29, 1.82) is 0 Å². The molecule has 0 spiro atoms. The lowest BCUT2D eigenvalue weighted by Crippen LogP contribution is -2.47. The van der Waals surface area contributed by atoms with Crippen LogP contribution in [0.5, 0.6) is 0 Å². The quantitative estimate of drug-likeness (QED) is 0.271. The molecule has 0 unspecified atom stereocenters. The SMILES string of the molecule is Cc1ccc(CN(Cc2ccc(F)cc2)C(=O)CN(CCN2CCOCC2)C(=O)c2ccc([N+](=O)[O-])cc2)o1. The molecule has 4 rings (SSSR count). The number of ether oxygens (including phenoxy) is 1. The van der Waals surface area contributed by atoms with Gasteiger partial charge in [0.05, 0.1) is 24.7 Å². The lowest BCUT2D eigenvalue weighted by molar-refractivity contribution is -0.384. The summed E-state index contributed by atoms with van der Waals surface area (Å²) in [7, 11) is 0. The van der Waals surface area contributed by atoms with E-state index in [1.165, 1.54) is 41.3 Å². The maximum atomic E-state index is 13.7. The maximum Gasteiger partial charge on any atom is 0.269 e. The van der Waals surface area contributed by atoms with Crippen molar-refractivity contribution in [3.8, 4) is 0 Å². The Balaban J connectivity index is 1.54. The number of rotatable bonds is 11. The van der Waals surface area contributed by atoms with Gasteiger partial charge < -0.3 is 19.0 Å². The highest BCUT2D eigenvalue weighted by Crippen LogP contribution is 2.17. The molecular weight excluding hydrogens is 507 g/mol. The number of benzene rings is 2. The number of halogens is 1. The van der Waals surface area contributed by atoms with Gasteiger partial charge in [-0.05, 0) is 48.9 Å². The Kier molecular flexibility index (Phi) is 9.40. The zero-order chi connectivity index (χ0) is 27.8. The number of carbonyl (C=O) groups excluding carboxylic acids is 2. The molecular formula is C28H31FN4O6. The Labute approximate surface area is 225 Å². The minimum atomic E-state index is -0.530. The van der Waals surface area contributed by atoms with Crippen LogP contribution in [-0.4, -0.2) is 77.4 Å². The van der Waals surface area contributed by atoms with Crippen LogP contribution < -0.4 is 0 Å². The largest absolute Gasteiger partial charge is 0.464 e. The van der Waals surface area contributed by atoms with E-state index < -0.39 is 10.8 Å². The highest BCUT2D eigenvalue weighted by Gasteiger charge is 2.25. The van der Waals surface area contributed by atoms with Crippen LogP contribution in [0.3, 0.4) is 0 Å². The van der Waals surface area contributed by atoms with Crippen LogP contribution in [0.25, 0.3) is 0 Å². The summed E-state index contributed by atoms with van der Waals surface area (Å²) in [4.78, 5) is 42.9. The molecule has 0 saturated carbocycles. The van der Waals surface area contributed by atoms with Crippen molar-refractivity contribution in [2.75, 3.05) is 45.9 Å². The fourth-order valence-corrected chi connectivity index (χ4v) is 4.31. The van der Waals surface area contributed by atoms with Gasteiger partial charge >= 0.3 is 0 Å². The van der Waals surface area contributed by atoms with Crippen LogP contribution in [-0.2, 0) is 22.6 Å². The Morgan fingerprint density at radius 1 is 0.974 bits per heavy atom. The Morgan fingerprint density at radius 3 is 2.28 bits per heavy atom. The number of aryl methyl sites for hydroxylation is 1. The molecule has 1 saturated heterocycles. The van der Waals surface area contributed by atoms with Crippen molar-refractivity contribution in [3.63, 3.8) is 0 Å². The van der Waals surface area contributed by atoms with E-state index in [9.17, 15) is 24.1 Å². The topological polar surface area (TPSA) is 109 Å². The number of amides is 2. The number of nitrogens with zero attached hydrogens (tertiary/aromatic N) is 4. The number of non-ortho nitro benzene ring substituents is 1. The van der Waals surface area contributed by atoms with E-state index in [1.807, 2.05) is 13.0 Å². The predicted octanol–water partition coefficient (Wildman–Crippen LogP) is 3.64. The number of carbonyl (C=O) groups is 2. The van der Waals surface area contributed by atoms with Crippen LogP contribution in [0, 0.1) is 22.9 Å². The minimum absolute atomic E-state index is 0.123. The number of hydrogen-bond donors (Lipinski definition) is 0. The van der Waals surface area contributed by atoms with Crippen LogP contribution in [0.15, 0.2) is 65.1 Å². The van der Waals surface area contributed by atoms with Gasteiger partial charge in [0.2, 0.25) is 5.91 Å².